The molecule has 0 aliphatic rings. The molecule has 3 amide bonds. The number of amides is 3. The van der Waals surface area contributed by atoms with E-state index in [4.69, 9.17) is 5.73 Å². The Bertz CT molecular complexity index is 537. The van der Waals surface area contributed by atoms with E-state index in [1.165, 1.54) is 18.2 Å². The Hall–Kier alpha value is -2.48. The Morgan fingerprint density at radius 2 is 1.77 bits per heavy atom. The molecule has 0 heterocycles. The number of benzene rings is 1. The number of nitrogens with two attached hydrogens (primary N) is 1. The van der Waals surface area contributed by atoms with Gasteiger partial charge in [-0.25, -0.2) is 4.39 Å². The molecule has 1 aromatic carbocycles. The van der Waals surface area contributed by atoms with Crippen molar-refractivity contribution in [2.45, 2.75) is 6.42 Å². The fraction of sp³-hybridized carbons (Fsp3) is 0.357. The van der Waals surface area contributed by atoms with E-state index in [0.29, 0.717) is 19.5 Å². The highest BCUT2D eigenvalue weighted by atomic mass is 19.1. The first-order valence-electron chi connectivity index (χ1n) is 6.80. The molecule has 0 unspecified atom stereocenters. The van der Waals surface area contributed by atoms with Crippen molar-refractivity contribution in [2.24, 2.45) is 5.73 Å². The number of nitrogens with one attached hydrogen (secondary N) is 3. The quantitative estimate of drug-likeness (QED) is 0.468. The summed E-state index contributed by atoms with van der Waals surface area (Å²) in [5.74, 6) is -1.59. The van der Waals surface area contributed by atoms with Crippen molar-refractivity contribution in [3.8, 4) is 0 Å². The van der Waals surface area contributed by atoms with Gasteiger partial charge in [0.25, 0.3) is 5.91 Å². The van der Waals surface area contributed by atoms with Gasteiger partial charge in [-0.05, 0) is 24.6 Å². The highest BCUT2D eigenvalue weighted by Crippen LogP contribution is 2.02. The van der Waals surface area contributed by atoms with Gasteiger partial charge in [-0.1, -0.05) is 6.07 Å². The number of carbonyl (C=O) groups is 3. The van der Waals surface area contributed by atoms with Crippen LogP contribution >= 0.6 is 0 Å². The van der Waals surface area contributed by atoms with E-state index in [1.807, 2.05) is 0 Å². The van der Waals surface area contributed by atoms with Crippen LogP contribution in [0.4, 0.5) is 4.39 Å². The average Bonchev–Trinajstić information content (AvgIpc) is 2.52. The first-order chi connectivity index (χ1) is 10.5. The molecule has 120 valence electrons. The predicted molar refractivity (Wildman–Crippen MR) is 78.4 cm³/mol. The summed E-state index contributed by atoms with van der Waals surface area (Å²) in [5.41, 5.74) is 5.32. The zero-order valence-electron chi connectivity index (χ0n) is 12.0. The maximum Gasteiger partial charge on any atom is 0.251 e. The van der Waals surface area contributed by atoms with Crippen LogP contribution in [-0.2, 0) is 9.59 Å². The Morgan fingerprint density at radius 3 is 2.45 bits per heavy atom. The minimum Gasteiger partial charge on any atom is -0.355 e. The summed E-state index contributed by atoms with van der Waals surface area (Å²) in [7, 11) is 0. The average molecular weight is 310 g/mol. The summed E-state index contributed by atoms with van der Waals surface area (Å²) in [5, 5.41) is 7.53. The molecule has 0 radical (unpaired) electrons. The summed E-state index contributed by atoms with van der Waals surface area (Å²) in [6.45, 7) is 0.386. The van der Waals surface area contributed by atoms with Gasteiger partial charge in [0.1, 0.15) is 5.82 Å². The lowest BCUT2D eigenvalue weighted by atomic mass is 10.2. The number of carbonyl (C=O) groups excluding carboxylic acids is 3. The fourth-order valence-electron chi connectivity index (χ4n) is 1.56. The third-order valence-electron chi connectivity index (χ3n) is 2.68. The second-order valence-electron chi connectivity index (χ2n) is 4.45. The monoisotopic (exact) mass is 310 g/mol. The highest BCUT2D eigenvalue weighted by Gasteiger charge is 2.06. The fourth-order valence-corrected chi connectivity index (χ4v) is 1.56. The molecule has 0 aliphatic heterocycles. The smallest absolute Gasteiger partial charge is 0.251 e. The van der Waals surface area contributed by atoms with E-state index in [0.717, 1.165) is 6.07 Å². The van der Waals surface area contributed by atoms with Crippen molar-refractivity contribution in [1.29, 1.82) is 0 Å². The van der Waals surface area contributed by atoms with Crippen LogP contribution in [0.5, 0.6) is 0 Å². The molecular formula is C14H19FN4O3. The SMILES string of the molecule is NCC(=O)NCC(=O)NCCCNC(=O)c1cccc(F)c1. The Kier molecular flexibility index (Phi) is 7.55. The highest BCUT2D eigenvalue weighted by molar-refractivity contribution is 5.94. The predicted octanol–water partition coefficient (Wildman–Crippen LogP) is -0.863. The second kappa shape index (κ2) is 9.46. The summed E-state index contributed by atoms with van der Waals surface area (Å²) in [6, 6.07) is 5.38. The Morgan fingerprint density at radius 1 is 1.05 bits per heavy atom. The molecule has 0 aliphatic carbocycles. The van der Waals surface area contributed by atoms with Gasteiger partial charge in [0, 0.05) is 18.7 Å². The second-order valence-corrected chi connectivity index (χ2v) is 4.45. The molecule has 0 saturated carbocycles. The van der Waals surface area contributed by atoms with Gasteiger partial charge in [0.15, 0.2) is 0 Å². The molecule has 0 bridgehead atoms. The van der Waals surface area contributed by atoms with Crippen LogP contribution in [0.1, 0.15) is 16.8 Å². The molecule has 0 saturated heterocycles. The first kappa shape index (κ1) is 17.6. The number of hydrogen-bond acceptors (Lipinski definition) is 4. The molecule has 0 fully saturated rings. The Balaban J connectivity index is 2.14. The summed E-state index contributed by atoms with van der Waals surface area (Å²) < 4.78 is 12.9. The largest absolute Gasteiger partial charge is 0.355 e. The van der Waals surface area contributed by atoms with Gasteiger partial charge < -0.3 is 21.7 Å². The maximum atomic E-state index is 12.9. The zero-order valence-corrected chi connectivity index (χ0v) is 12.0. The minimum absolute atomic E-state index is 0.133. The lowest BCUT2D eigenvalue weighted by molar-refractivity contribution is -0.125. The van der Waals surface area contributed by atoms with Crippen LogP contribution in [0.15, 0.2) is 24.3 Å². The van der Waals surface area contributed by atoms with Crippen LogP contribution < -0.4 is 21.7 Å². The Labute approximate surface area is 127 Å². The molecule has 1 aromatic rings. The summed E-state index contributed by atoms with van der Waals surface area (Å²) in [6.07, 6.45) is 0.512. The number of rotatable bonds is 8. The summed E-state index contributed by atoms with van der Waals surface area (Å²) >= 11 is 0. The van der Waals surface area contributed by atoms with Crippen molar-refractivity contribution in [1.82, 2.24) is 16.0 Å². The lowest BCUT2D eigenvalue weighted by Gasteiger charge is -2.07. The van der Waals surface area contributed by atoms with Crippen LogP contribution in [0.3, 0.4) is 0 Å². The van der Waals surface area contributed by atoms with Crippen molar-refractivity contribution in [3.63, 3.8) is 0 Å². The third kappa shape index (κ3) is 6.80. The molecule has 22 heavy (non-hydrogen) atoms. The van der Waals surface area contributed by atoms with E-state index in [-0.39, 0.29) is 30.5 Å². The molecule has 8 heteroatoms. The third-order valence-corrected chi connectivity index (χ3v) is 2.68. The van der Waals surface area contributed by atoms with Gasteiger partial charge in [0.2, 0.25) is 11.8 Å². The van der Waals surface area contributed by atoms with Crippen molar-refractivity contribution < 1.29 is 18.8 Å². The van der Waals surface area contributed by atoms with Crippen molar-refractivity contribution >= 4 is 17.7 Å². The maximum absolute atomic E-state index is 12.9. The molecular weight excluding hydrogens is 291 g/mol. The van der Waals surface area contributed by atoms with Crippen LogP contribution in [0, 0.1) is 5.82 Å². The van der Waals surface area contributed by atoms with Gasteiger partial charge in [0.05, 0.1) is 13.1 Å². The molecule has 7 nitrogen and oxygen atoms in total. The molecule has 0 atom stereocenters. The molecule has 0 spiro atoms. The van der Waals surface area contributed by atoms with Gasteiger partial charge in [-0.3, -0.25) is 14.4 Å². The summed E-state index contributed by atoms with van der Waals surface area (Å²) in [4.78, 5) is 33.8. The van der Waals surface area contributed by atoms with E-state index in [2.05, 4.69) is 16.0 Å². The zero-order chi connectivity index (χ0) is 16.4. The topological polar surface area (TPSA) is 113 Å². The first-order valence-corrected chi connectivity index (χ1v) is 6.80. The molecule has 1 rings (SSSR count). The van der Waals surface area contributed by atoms with Gasteiger partial charge >= 0.3 is 0 Å². The van der Waals surface area contributed by atoms with Gasteiger partial charge in [-0.2, -0.15) is 0 Å². The minimum atomic E-state index is -0.473. The number of hydrogen-bond donors (Lipinski definition) is 4. The van der Waals surface area contributed by atoms with Crippen LogP contribution in [0.2, 0.25) is 0 Å². The molecule has 5 N–H and O–H groups in total. The van der Waals surface area contributed by atoms with E-state index >= 15 is 0 Å². The van der Waals surface area contributed by atoms with E-state index < -0.39 is 11.7 Å². The molecule has 0 aromatic heterocycles. The lowest BCUT2D eigenvalue weighted by Crippen LogP contribution is -2.40. The van der Waals surface area contributed by atoms with Crippen LogP contribution in [-0.4, -0.2) is 43.9 Å². The normalized spacial score (nSPS) is 9.91. The van der Waals surface area contributed by atoms with Crippen molar-refractivity contribution in [2.75, 3.05) is 26.2 Å². The standard InChI is InChI=1S/C14H19FN4O3/c15-11-4-1-3-10(7-11)14(22)18-6-2-5-17-13(21)9-19-12(20)8-16/h1,3-4,7H,2,5-6,8-9,16H2,(H,17,21)(H,18,22)(H,19,20). The van der Waals surface area contributed by atoms with Crippen LogP contribution in [0.25, 0.3) is 0 Å². The van der Waals surface area contributed by atoms with Crippen molar-refractivity contribution in [3.05, 3.63) is 35.6 Å². The van der Waals surface area contributed by atoms with Gasteiger partial charge in [-0.15, -0.1) is 0 Å². The van der Waals surface area contributed by atoms with E-state index in [9.17, 15) is 18.8 Å². The van der Waals surface area contributed by atoms with E-state index in [1.54, 1.807) is 0 Å². The number of halogens is 1.